The van der Waals surface area contributed by atoms with Crippen LogP contribution in [0.4, 0.5) is 4.79 Å². The Bertz CT molecular complexity index is 1120. The molecule has 1 saturated heterocycles. The van der Waals surface area contributed by atoms with E-state index in [-0.39, 0.29) is 28.1 Å². The molecule has 4 rings (SSSR count). The van der Waals surface area contributed by atoms with Gasteiger partial charge in [0.2, 0.25) is 10.0 Å². The molecule has 2 aromatic rings. The van der Waals surface area contributed by atoms with Crippen LogP contribution < -0.4 is 0 Å². The molecule has 0 bridgehead atoms. The third kappa shape index (κ3) is 3.21. The maximum absolute atomic E-state index is 13.2. The minimum absolute atomic E-state index is 0.00732. The summed E-state index contributed by atoms with van der Waals surface area (Å²) in [5.41, 5.74) is 1.52. The van der Waals surface area contributed by atoms with Gasteiger partial charge in [0.05, 0.1) is 10.5 Å². The number of aromatic nitrogens is 1. The SMILES string of the molecule is Cc1[nH]c2c(c1C(O)c1ccccc1S(=O)(=O)N1CCCC1)C(=O)N(C(=O)O)CC2. The Labute approximate surface area is 174 Å². The first kappa shape index (κ1) is 20.6. The van der Waals surface area contributed by atoms with Gasteiger partial charge >= 0.3 is 6.09 Å². The molecule has 0 aliphatic carbocycles. The van der Waals surface area contributed by atoms with Gasteiger partial charge < -0.3 is 15.2 Å². The molecule has 1 atom stereocenters. The lowest BCUT2D eigenvalue weighted by Crippen LogP contribution is -2.41. The van der Waals surface area contributed by atoms with Gasteiger partial charge in [0.25, 0.3) is 5.91 Å². The number of amides is 2. The first-order valence-electron chi connectivity index (χ1n) is 9.76. The average molecular weight is 433 g/mol. The molecule has 2 aliphatic heterocycles. The topological polar surface area (TPSA) is 131 Å². The summed E-state index contributed by atoms with van der Waals surface area (Å²) in [6, 6.07) is 6.19. The fourth-order valence-corrected chi connectivity index (χ4v) is 6.03. The van der Waals surface area contributed by atoms with E-state index in [1.807, 2.05) is 0 Å². The summed E-state index contributed by atoms with van der Waals surface area (Å²) in [6.45, 7) is 2.55. The number of carboxylic acid groups (broad SMARTS) is 1. The highest BCUT2D eigenvalue weighted by molar-refractivity contribution is 7.89. The lowest BCUT2D eigenvalue weighted by molar-refractivity contribution is 0.0721. The Morgan fingerprint density at radius 2 is 1.83 bits per heavy atom. The molecule has 30 heavy (non-hydrogen) atoms. The number of aromatic amines is 1. The van der Waals surface area contributed by atoms with Gasteiger partial charge in [-0.15, -0.1) is 0 Å². The summed E-state index contributed by atoms with van der Waals surface area (Å²) in [6.07, 6.45) is -0.894. The van der Waals surface area contributed by atoms with Crippen molar-refractivity contribution in [2.45, 2.75) is 37.2 Å². The number of carbonyl (C=O) groups is 2. The van der Waals surface area contributed by atoms with Gasteiger partial charge in [-0.3, -0.25) is 4.79 Å². The molecule has 10 heteroatoms. The molecular weight excluding hydrogens is 410 g/mol. The van der Waals surface area contributed by atoms with Crippen LogP contribution in [0.3, 0.4) is 0 Å². The number of sulfonamides is 1. The second kappa shape index (κ2) is 7.53. The van der Waals surface area contributed by atoms with E-state index < -0.39 is 28.1 Å². The summed E-state index contributed by atoms with van der Waals surface area (Å²) in [5.74, 6) is -0.720. The van der Waals surface area contributed by atoms with Gasteiger partial charge in [0.15, 0.2) is 0 Å². The van der Waals surface area contributed by atoms with Crippen molar-refractivity contribution in [3.05, 3.63) is 52.3 Å². The predicted octanol–water partition coefficient (Wildman–Crippen LogP) is 1.87. The van der Waals surface area contributed by atoms with Crippen molar-refractivity contribution in [1.29, 1.82) is 0 Å². The lowest BCUT2D eigenvalue weighted by atomic mass is 9.94. The molecular formula is C20H23N3O6S. The number of rotatable bonds is 4. The standard InChI is InChI=1S/C20H23N3O6S/c1-12-16(17-14(21-12)8-11-23(19(17)25)20(26)27)18(24)13-6-2-3-7-15(13)30(28,29)22-9-4-5-10-22/h2-3,6-7,18,21,24H,4-5,8-11H2,1H3,(H,26,27). The van der Waals surface area contributed by atoms with E-state index in [0.29, 0.717) is 35.8 Å². The van der Waals surface area contributed by atoms with E-state index in [2.05, 4.69) is 4.98 Å². The van der Waals surface area contributed by atoms with Crippen LogP contribution in [-0.2, 0) is 16.4 Å². The summed E-state index contributed by atoms with van der Waals surface area (Å²) in [5, 5.41) is 20.5. The summed E-state index contributed by atoms with van der Waals surface area (Å²) in [7, 11) is -3.80. The predicted molar refractivity (Wildman–Crippen MR) is 107 cm³/mol. The van der Waals surface area contributed by atoms with Gasteiger partial charge in [0.1, 0.15) is 6.10 Å². The van der Waals surface area contributed by atoms with Crippen LogP contribution in [0.15, 0.2) is 29.2 Å². The van der Waals surface area contributed by atoms with E-state index in [1.165, 1.54) is 16.4 Å². The zero-order valence-electron chi connectivity index (χ0n) is 16.5. The van der Waals surface area contributed by atoms with Gasteiger partial charge in [-0.2, -0.15) is 4.31 Å². The molecule has 9 nitrogen and oxygen atoms in total. The average Bonchev–Trinajstić information content (AvgIpc) is 3.36. The molecule has 3 N–H and O–H groups in total. The Morgan fingerprint density at radius 1 is 1.17 bits per heavy atom. The van der Waals surface area contributed by atoms with Crippen LogP contribution in [0.5, 0.6) is 0 Å². The number of nitrogens with one attached hydrogen (secondary N) is 1. The largest absolute Gasteiger partial charge is 0.465 e. The van der Waals surface area contributed by atoms with Gasteiger partial charge in [-0.25, -0.2) is 18.1 Å². The number of imide groups is 1. The number of nitrogens with zero attached hydrogens (tertiary/aromatic N) is 2. The number of fused-ring (bicyclic) bond motifs is 1. The first-order chi connectivity index (χ1) is 14.2. The molecule has 1 aromatic heterocycles. The minimum atomic E-state index is -3.80. The Hall–Kier alpha value is -2.69. The number of aryl methyl sites for hydroxylation is 1. The lowest BCUT2D eigenvalue weighted by Gasteiger charge is -2.25. The second-order valence-electron chi connectivity index (χ2n) is 7.56. The van der Waals surface area contributed by atoms with Crippen molar-refractivity contribution in [1.82, 2.24) is 14.2 Å². The normalized spacial score (nSPS) is 18.5. The molecule has 160 valence electrons. The van der Waals surface area contributed by atoms with Crippen LogP contribution >= 0.6 is 0 Å². The van der Waals surface area contributed by atoms with Crippen molar-refractivity contribution in [3.8, 4) is 0 Å². The molecule has 3 heterocycles. The number of aliphatic hydroxyl groups is 1. The Kier molecular flexibility index (Phi) is 5.16. The second-order valence-corrected chi connectivity index (χ2v) is 9.46. The van der Waals surface area contributed by atoms with Crippen molar-refractivity contribution < 1.29 is 28.2 Å². The molecule has 1 aromatic carbocycles. The molecule has 1 fully saturated rings. The molecule has 0 radical (unpaired) electrons. The van der Waals surface area contributed by atoms with Crippen LogP contribution in [0.2, 0.25) is 0 Å². The van der Waals surface area contributed by atoms with Crippen molar-refractivity contribution in [2.24, 2.45) is 0 Å². The summed E-state index contributed by atoms with van der Waals surface area (Å²) >= 11 is 0. The van der Waals surface area contributed by atoms with E-state index in [1.54, 1.807) is 19.1 Å². The maximum atomic E-state index is 13.2. The highest BCUT2D eigenvalue weighted by Crippen LogP contribution is 2.36. The molecule has 2 amide bonds. The minimum Gasteiger partial charge on any atom is -0.465 e. The number of benzene rings is 1. The third-order valence-electron chi connectivity index (χ3n) is 5.76. The molecule has 0 saturated carbocycles. The van der Waals surface area contributed by atoms with Gasteiger partial charge in [-0.1, -0.05) is 18.2 Å². The van der Waals surface area contributed by atoms with Crippen LogP contribution in [0.1, 0.15) is 51.8 Å². The highest BCUT2D eigenvalue weighted by atomic mass is 32.2. The monoisotopic (exact) mass is 433 g/mol. The van der Waals surface area contributed by atoms with Crippen LogP contribution in [0, 0.1) is 6.92 Å². The number of aliphatic hydroxyl groups excluding tert-OH is 1. The quantitative estimate of drug-likeness (QED) is 0.675. The third-order valence-corrected chi connectivity index (χ3v) is 7.73. The van der Waals surface area contributed by atoms with Crippen LogP contribution in [-0.4, -0.2) is 64.5 Å². The van der Waals surface area contributed by atoms with Gasteiger partial charge in [-0.05, 0) is 25.8 Å². The number of hydrogen-bond donors (Lipinski definition) is 3. The smallest absolute Gasteiger partial charge is 0.414 e. The summed E-state index contributed by atoms with van der Waals surface area (Å²) < 4.78 is 27.7. The Balaban J connectivity index is 1.82. The zero-order chi connectivity index (χ0) is 21.6. The van der Waals surface area contributed by atoms with E-state index >= 15 is 0 Å². The number of H-pyrrole nitrogens is 1. The van der Waals surface area contributed by atoms with Crippen molar-refractivity contribution in [2.75, 3.05) is 19.6 Å². The molecule has 1 unspecified atom stereocenters. The first-order valence-corrected chi connectivity index (χ1v) is 11.2. The summed E-state index contributed by atoms with van der Waals surface area (Å²) in [4.78, 5) is 28.0. The fraction of sp³-hybridized carbons (Fsp3) is 0.400. The number of hydrogen-bond acceptors (Lipinski definition) is 5. The fourth-order valence-electron chi connectivity index (χ4n) is 4.29. The van der Waals surface area contributed by atoms with Gasteiger partial charge in [0, 0.05) is 48.6 Å². The highest BCUT2D eigenvalue weighted by Gasteiger charge is 2.37. The molecule has 2 aliphatic rings. The van der Waals surface area contributed by atoms with E-state index in [0.717, 1.165) is 12.8 Å². The van der Waals surface area contributed by atoms with Crippen molar-refractivity contribution >= 4 is 22.0 Å². The Morgan fingerprint density at radius 3 is 2.50 bits per heavy atom. The van der Waals surface area contributed by atoms with E-state index in [9.17, 15) is 28.2 Å². The molecule has 0 spiro atoms. The number of carbonyl (C=O) groups excluding carboxylic acids is 1. The zero-order valence-corrected chi connectivity index (χ0v) is 17.3. The van der Waals surface area contributed by atoms with E-state index in [4.69, 9.17) is 0 Å². The van der Waals surface area contributed by atoms with Crippen molar-refractivity contribution in [3.63, 3.8) is 0 Å². The van der Waals surface area contributed by atoms with Crippen LogP contribution in [0.25, 0.3) is 0 Å². The maximum Gasteiger partial charge on any atom is 0.414 e.